The van der Waals surface area contributed by atoms with Gasteiger partial charge in [0.1, 0.15) is 6.10 Å². The Bertz CT molecular complexity index is 469. The van der Waals surface area contributed by atoms with Crippen molar-refractivity contribution in [2.75, 3.05) is 11.9 Å². The van der Waals surface area contributed by atoms with Gasteiger partial charge < -0.3 is 19.9 Å². The average Bonchev–Trinajstić information content (AvgIpc) is 2.72. The summed E-state index contributed by atoms with van der Waals surface area (Å²) in [5, 5.41) is 12.1. The molecule has 5 heteroatoms. The van der Waals surface area contributed by atoms with E-state index >= 15 is 0 Å². The van der Waals surface area contributed by atoms with E-state index in [0.29, 0.717) is 6.61 Å². The van der Waals surface area contributed by atoms with E-state index in [1.165, 1.54) is 0 Å². The minimum Gasteiger partial charge on any atom is -0.481 e. The largest absolute Gasteiger partial charge is 0.481 e. The third-order valence-electron chi connectivity index (χ3n) is 3.29. The van der Waals surface area contributed by atoms with Crippen LogP contribution in [0.3, 0.4) is 0 Å². The first-order valence-electron chi connectivity index (χ1n) is 6.75. The van der Waals surface area contributed by atoms with E-state index in [-0.39, 0.29) is 18.6 Å². The molecule has 110 valence electrons. The minimum absolute atomic E-state index is 0.00342. The van der Waals surface area contributed by atoms with E-state index < -0.39 is 11.8 Å². The van der Waals surface area contributed by atoms with Crippen molar-refractivity contribution >= 4 is 11.7 Å². The van der Waals surface area contributed by atoms with Crippen molar-refractivity contribution in [1.29, 1.82) is 0 Å². The van der Waals surface area contributed by atoms with Gasteiger partial charge in [0.25, 0.3) is 0 Å². The Morgan fingerprint density at radius 1 is 1.45 bits per heavy atom. The zero-order valence-corrected chi connectivity index (χ0v) is 12.1. The molecule has 0 aromatic heterocycles. The highest BCUT2D eigenvalue weighted by molar-refractivity contribution is 5.70. The van der Waals surface area contributed by atoms with Crippen LogP contribution in [0, 0.1) is 0 Å². The lowest BCUT2D eigenvalue weighted by Gasteiger charge is -2.23. The van der Waals surface area contributed by atoms with E-state index in [1.807, 2.05) is 45.0 Å². The van der Waals surface area contributed by atoms with Crippen LogP contribution in [0.5, 0.6) is 0 Å². The maximum absolute atomic E-state index is 10.6. The monoisotopic (exact) mass is 279 g/mol. The summed E-state index contributed by atoms with van der Waals surface area (Å²) in [6, 6.07) is 7.52. The predicted molar refractivity (Wildman–Crippen MR) is 75.8 cm³/mol. The summed E-state index contributed by atoms with van der Waals surface area (Å²) in [5.41, 5.74) is 1.73. The molecule has 1 aliphatic heterocycles. The number of anilines is 1. The van der Waals surface area contributed by atoms with Crippen LogP contribution in [0.15, 0.2) is 24.3 Å². The molecule has 2 unspecified atom stereocenters. The molecule has 2 atom stereocenters. The quantitative estimate of drug-likeness (QED) is 0.865. The lowest BCUT2D eigenvalue weighted by molar-refractivity contribution is -0.139. The van der Waals surface area contributed by atoms with Crippen LogP contribution in [0.1, 0.15) is 26.3 Å². The van der Waals surface area contributed by atoms with Gasteiger partial charge in [-0.1, -0.05) is 12.1 Å². The molecule has 2 rings (SSSR count). The molecule has 0 aliphatic carbocycles. The second-order valence-electron chi connectivity index (χ2n) is 5.57. The predicted octanol–water partition coefficient (Wildman–Crippen LogP) is 2.27. The Balaban J connectivity index is 1.91. The van der Waals surface area contributed by atoms with Crippen molar-refractivity contribution in [3.05, 3.63) is 29.8 Å². The zero-order chi connectivity index (χ0) is 14.8. The summed E-state index contributed by atoms with van der Waals surface area (Å²) in [6.07, 6.45) is 0.0487. The summed E-state index contributed by atoms with van der Waals surface area (Å²) in [4.78, 5) is 10.6. The summed E-state index contributed by atoms with van der Waals surface area (Å²) in [7, 11) is 0. The highest BCUT2D eigenvalue weighted by atomic mass is 16.7. The van der Waals surface area contributed by atoms with Crippen molar-refractivity contribution in [2.24, 2.45) is 0 Å². The fraction of sp³-hybridized carbons (Fsp3) is 0.533. The highest BCUT2D eigenvalue weighted by Gasteiger charge is 2.35. The summed E-state index contributed by atoms with van der Waals surface area (Å²) in [5.74, 6) is -1.34. The van der Waals surface area contributed by atoms with Crippen molar-refractivity contribution in [3.8, 4) is 0 Å². The molecule has 0 spiro atoms. The Labute approximate surface area is 118 Å². The van der Waals surface area contributed by atoms with Gasteiger partial charge in [-0.25, -0.2) is 0 Å². The van der Waals surface area contributed by atoms with Gasteiger partial charge in [0.2, 0.25) is 0 Å². The molecule has 1 aromatic carbocycles. The van der Waals surface area contributed by atoms with Gasteiger partial charge >= 0.3 is 5.97 Å². The maximum atomic E-state index is 10.6. The topological polar surface area (TPSA) is 67.8 Å². The van der Waals surface area contributed by atoms with Gasteiger partial charge in [-0.15, -0.1) is 0 Å². The first-order chi connectivity index (χ1) is 9.35. The molecule has 1 aliphatic rings. The van der Waals surface area contributed by atoms with Gasteiger partial charge in [-0.3, -0.25) is 4.79 Å². The number of rotatable bonds is 5. The molecule has 1 heterocycles. The third kappa shape index (κ3) is 3.95. The van der Waals surface area contributed by atoms with Gasteiger partial charge in [0, 0.05) is 5.69 Å². The van der Waals surface area contributed by atoms with Gasteiger partial charge in [0.05, 0.1) is 19.1 Å². The second kappa shape index (κ2) is 5.81. The highest BCUT2D eigenvalue weighted by Crippen LogP contribution is 2.25. The molecular formula is C15H21NO4. The van der Waals surface area contributed by atoms with Crippen molar-refractivity contribution in [1.82, 2.24) is 0 Å². The number of aliphatic carboxylic acids is 1. The lowest BCUT2D eigenvalue weighted by Crippen LogP contribution is -2.34. The molecule has 0 saturated carbocycles. The Kier molecular flexibility index (Phi) is 4.30. The molecule has 1 saturated heterocycles. The molecule has 5 nitrogen and oxygen atoms in total. The van der Waals surface area contributed by atoms with Crippen molar-refractivity contribution < 1.29 is 19.4 Å². The standard InChI is InChI=1S/C15H21NO4/c1-10(13-9-19-15(2,3)20-13)16-12-6-4-11(5-7-12)8-14(17)18/h4-7,10,13,16H,8-9H2,1-3H3,(H,17,18). The zero-order valence-electron chi connectivity index (χ0n) is 12.1. The molecule has 1 fully saturated rings. The fourth-order valence-corrected chi connectivity index (χ4v) is 2.21. The summed E-state index contributed by atoms with van der Waals surface area (Å²) < 4.78 is 11.3. The Morgan fingerprint density at radius 2 is 2.10 bits per heavy atom. The van der Waals surface area contributed by atoms with E-state index in [2.05, 4.69) is 5.32 Å². The normalized spacial score (nSPS) is 22.4. The molecule has 2 N–H and O–H groups in total. The first-order valence-corrected chi connectivity index (χ1v) is 6.75. The number of hydrogen-bond donors (Lipinski definition) is 2. The SMILES string of the molecule is CC(Nc1ccc(CC(=O)O)cc1)C1COC(C)(C)O1. The molecular weight excluding hydrogens is 258 g/mol. The average molecular weight is 279 g/mol. The van der Waals surface area contributed by atoms with Crippen molar-refractivity contribution in [2.45, 2.75) is 45.1 Å². The van der Waals surface area contributed by atoms with E-state index in [1.54, 1.807) is 0 Å². The summed E-state index contributed by atoms with van der Waals surface area (Å²) >= 11 is 0. The van der Waals surface area contributed by atoms with Gasteiger partial charge in [-0.05, 0) is 38.5 Å². The Hall–Kier alpha value is -1.59. The number of carboxylic acid groups (broad SMARTS) is 1. The molecule has 1 aromatic rings. The number of carboxylic acids is 1. The van der Waals surface area contributed by atoms with Crippen molar-refractivity contribution in [3.63, 3.8) is 0 Å². The number of nitrogens with one attached hydrogen (secondary N) is 1. The third-order valence-corrected chi connectivity index (χ3v) is 3.29. The smallest absolute Gasteiger partial charge is 0.307 e. The van der Waals surface area contributed by atoms with E-state index in [4.69, 9.17) is 14.6 Å². The van der Waals surface area contributed by atoms with Crippen LogP contribution in [-0.2, 0) is 20.7 Å². The van der Waals surface area contributed by atoms with E-state index in [9.17, 15) is 4.79 Å². The second-order valence-corrected chi connectivity index (χ2v) is 5.57. The molecule has 0 amide bonds. The first kappa shape index (κ1) is 14.8. The lowest BCUT2D eigenvalue weighted by atomic mass is 10.1. The number of hydrogen-bond acceptors (Lipinski definition) is 4. The number of carbonyl (C=O) groups is 1. The van der Waals surface area contributed by atoms with Crippen LogP contribution in [0.25, 0.3) is 0 Å². The van der Waals surface area contributed by atoms with Gasteiger partial charge in [-0.2, -0.15) is 0 Å². The molecule has 20 heavy (non-hydrogen) atoms. The van der Waals surface area contributed by atoms with Crippen LogP contribution in [0.4, 0.5) is 5.69 Å². The van der Waals surface area contributed by atoms with Crippen LogP contribution < -0.4 is 5.32 Å². The molecule has 0 radical (unpaired) electrons. The number of benzene rings is 1. The van der Waals surface area contributed by atoms with E-state index in [0.717, 1.165) is 11.3 Å². The Morgan fingerprint density at radius 3 is 2.60 bits per heavy atom. The van der Waals surface area contributed by atoms with Gasteiger partial charge in [0.15, 0.2) is 5.79 Å². The number of ether oxygens (including phenoxy) is 2. The summed E-state index contributed by atoms with van der Waals surface area (Å²) in [6.45, 7) is 6.42. The van der Waals surface area contributed by atoms with Crippen LogP contribution in [-0.4, -0.2) is 35.6 Å². The maximum Gasteiger partial charge on any atom is 0.307 e. The fourth-order valence-electron chi connectivity index (χ4n) is 2.21. The van der Waals surface area contributed by atoms with Crippen LogP contribution >= 0.6 is 0 Å². The molecule has 0 bridgehead atoms. The van der Waals surface area contributed by atoms with Crippen LogP contribution in [0.2, 0.25) is 0 Å². The minimum atomic E-state index is -0.821.